The number of nitrogens with one attached hydrogen (secondary N) is 1. The SMILES string of the molecule is Cn1cccc1[C@@H]1CCCN1C(=O)Nc1cccc(C#N)c1. The van der Waals surface area contributed by atoms with Crippen LogP contribution in [0, 0.1) is 11.3 Å². The standard InChI is InChI=1S/C17H18N4O/c1-20-9-3-7-15(20)16-8-4-10-21(16)17(22)19-14-6-2-5-13(11-14)12-18/h2-3,5-7,9,11,16H,4,8,10H2,1H3,(H,19,22)/t16-/m0/s1. The highest BCUT2D eigenvalue weighted by molar-refractivity contribution is 5.90. The van der Waals surface area contributed by atoms with Gasteiger partial charge in [-0.3, -0.25) is 0 Å². The van der Waals surface area contributed by atoms with Gasteiger partial charge >= 0.3 is 6.03 Å². The number of amides is 2. The van der Waals surface area contributed by atoms with Crippen LogP contribution < -0.4 is 5.32 Å². The van der Waals surface area contributed by atoms with Gasteiger partial charge in [0.05, 0.1) is 17.7 Å². The summed E-state index contributed by atoms with van der Waals surface area (Å²) in [7, 11) is 2.00. The van der Waals surface area contributed by atoms with Crippen molar-refractivity contribution < 1.29 is 4.79 Å². The van der Waals surface area contributed by atoms with Gasteiger partial charge in [-0.05, 0) is 43.2 Å². The van der Waals surface area contributed by atoms with Gasteiger partial charge in [0.1, 0.15) is 0 Å². The second-order valence-corrected chi connectivity index (χ2v) is 5.52. The molecule has 2 amide bonds. The van der Waals surface area contributed by atoms with Crippen LogP contribution >= 0.6 is 0 Å². The molecule has 1 aliphatic heterocycles. The molecule has 2 aromatic rings. The summed E-state index contributed by atoms with van der Waals surface area (Å²) in [6, 6.07) is 13.1. The van der Waals surface area contributed by atoms with Gasteiger partial charge < -0.3 is 14.8 Å². The molecule has 5 nitrogen and oxygen atoms in total. The minimum Gasteiger partial charge on any atom is -0.353 e. The monoisotopic (exact) mass is 294 g/mol. The van der Waals surface area contributed by atoms with Gasteiger partial charge in [0, 0.05) is 31.2 Å². The van der Waals surface area contributed by atoms with Crippen LogP contribution in [0.5, 0.6) is 0 Å². The predicted molar refractivity (Wildman–Crippen MR) is 84.3 cm³/mol. The number of rotatable bonds is 2. The number of nitriles is 1. The Kier molecular flexibility index (Phi) is 3.84. The number of benzene rings is 1. The summed E-state index contributed by atoms with van der Waals surface area (Å²) in [5, 5.41) is 11.8. The lowest BCUT2D eigenvalue weighted by Crippen LogP contribution is -2.35. The van der Waals surface area contributed by atoms with E-state index in [-0.39, 0.29) is 12.1 Å². The Morgan fingerprint density at radius 3 is 2.95 bits per heavy atom. The number of hydrogen-bond donors (Lipinski definition) is 1. The number of hydrogen-bond acceptors (Lipinski definition) is 2. The van der Waals surface area contributed by atoms with Crippen molar-refractivity contribution in [3.8, 4) is 6.07 Å². The van der Waals surface area contributed by atoms with Gasteiger partial charge in [0.25, 0.3) is 0 Å². The normalized spacial score (nSPS) is 17.3. The van der Waals surface area contributed by atoms with Crippen LogP contribution in [-0.2, 0) is 7.05 Å². The van der Waals surface area contributed by atoms with Crippen molar-refractivity contribution in [3.63, 3.8) is 0 Å². The maximum atomic E-state index is 12.6. The van der Waals surface area contributed by atoms with Crippen molar-refractivity contribution in [3.05, 3.63) is 53.9 Å². The highest BCUT2D eigenvalue weighted by Crippen LogP contribution is 2.32. The predicted octanol–water partition coefficient (Wildman–Crippen LogP) is 3.27. The zero-order valence-corrected chi connectivity index (χ0v) is 12.5. The minimum absolute atomic E-state index is 0.110. The molecule has 0 bridgehead atoms. The Bertz CT molecular complexity index is 728. The first-order chi connectivity index (χ1) is 10.7. The maximum absolute atomic E-state index is 12.6. The Balaban J connectivity index is 1.76. The molecule has 1 aliphatic rings. The zero-order valence-electron chi connectivity index (χ0n) is 12.5. The van der Waals surface area contributed by atoms with Crippen molar-refractivity contribution in [1.29, 1.82) is 5.26 Å². The molecule has 1 aromatic carbocycles. The van der Waals surface area contributed by atoms with E-state index in [0.29, 0.717) is 11.3 Å². The van der Waals surface area contributed by atoms with Gasteiger partial charge in [0.15, 0.2) is 0 Å². The molecule has 0 radical (unpaired) electrons. The van der Waals surface area contributed by atoms with Crippen LogP contribution in [0.25, 0.3) is 0 Å². The van der Waals surface area contributed by atoms with E-state index in [0.717, 1.165) is 25.1 Å². The lowest BCUT2D eigenvalue weighted by molar-refractivity contribution is 0.205. The first-order valence-corrected chi connectivity index (χ1v) is 7.38. The smallest absolute Gasteiger partial charge is 0.322 e. The molecule has 0 spiro atoms. The molecule has 5 heteroatoms. The molecule has 1 fully saturated rings. The molecular weight excluding hydrogens is 276 g/mol. The summed E-state index contributed by atoms with van der Waals surface area (Å²) in [5.41, 5.74) is 2.35. The Hall–Kier alpha value is -2.74. The molecule has 1 N–H and O–H groups in total. The Labute approximate surface area is 129 Å². The fourth-order valence-corrected chi connectivity index (χ4v) is 3.00. The van der Waals surface area contributed by atoms with E-state index in [9.17, 15) is 4.79 Å². The topological polar surface area (TPSA) is 61.1 Å². The van der Waals surface area contributed by atoms with E-state index >= 15 is 0 Å². The highest BCUT2D eigenvalue weighted by Gasteiger charge is 2.31. The number of carbonyl (C=O) groups excluding carboxylic acids is 1. The Morgan fingerprint density at radius 1 is 1.36 bits per heavy atom. The van der Waals surface area contributed by atoms with E-state index in [1.165, 1.54) is 0 Å². The van der Waals surface area contributed by atoms with Crippen LogP contribution in [-0.4, -0.2) is 22.0 Å². The lowest BCUT2D eigenvalue weighted by Gasteiger charge is -2.25. The van der Waals surface area contributed by atoms with Crippen LogP contribution in [0.1, 0.15) is 30.1 Å². The number of aryl methyl sites for hydroxylation is 1. The molecule has 0 saturated carbocycles. The molecular formula is C17H18N4O. The number of urea groups is 1. The summed E-state index contributed by atoms with van der Waals surface area (Å²) in [5.74, 6) is 0. The first-order valence-electron chi connectivity index (χ1n) is 7.38. The van der Waals surface area contributed by atoms with E-state index in [2.05, 4.69) is 22.0 Å². The maximum Gasteiger partial charge on any atom is 0.322 e. The first kappa shape index (κ1) is 14.2. The lowest BCUT2D eigenvalue weighted by atomic mass is 10.1. The van der Waals surface area contributed by atoms with E-state index in [1.54, 1.807) is 24.3 Å². The summed E-state index contributed by atoms with van der Waals surface area (Å²) in [6.45, 7) is 0.750. The van der Waals surface area contributed by atoms with Crippen LogP contribution in [0.3, 0.4) is 0 Å². The molecule has 1 saturated heterocycles. The largest absolute Gasteiger partial charge is 0.353 e. The highest BCUT2D eigenvalue weighted by atomic mass is 16.2. The van der Waals surface area contributed by atoms with Crippen molar-refractivity contribution in [1.82, 2.24) is 9.47 Å². The minimum atomic E-state index is -0.112. The fraction of sp³-hybridized carbons (Fsp3) is 0.294. The average molecular weight is 294 g/mol. The number of anilines is 1. The number of carbonyl (C=O) groups is 1. The molecule has 1 atom stereocenters. The van der Waals surface area contributed by atoms with Gasteiger partial charge in [-0.1, -0.05) is 6.07 Å². The number of aromatic nitrogens is 1. The van der Waals surface area contributed by atoms with Gasteiger partial charge in [0.2, 0.25) is 0 Å². The van der Waals surface area contributed by atoms with Crippen molar-refractivity contribution in [2.45, 2.75) is 18.9 Å². The third-order valence-corrected chi connectivity index (χ3v) is 4.08. The average Bonchev–Trinajstić information content (AvgIpc) is 3.15. The van der Waals surface area contributed by atoms with Crippen molar-refractivity contribution in [2.24, 2.45) is 7.05 Å². The van der Waals surface area contributed by atoms with Crippen molar-refractivity contribution in [2.75, 3.05) is 11.9 Å². The van der Waals surface area contributed by atoms with Crippen LogP contribution in [0.4, 0.5) is 10.5 Å². The molecule has 3 rings (SSSR count). The molecule has 22 heavy (non-hydrogen) atoms. The summed E-state index contributed by atoms with van der Waals surface area (Å²) in [6.07, 6.45) is 3.98. The van der Waals surface area contributed by atoms with Crippen molar-refractivity contribution >= 4 is 11.7 Å². The van der Waals surface area contributed by atoms with E-state index in [1.807, 2.05) is 24.2 Å². The number of likely N-dealkylation sites (tertiary alicyclic amines) is 1. The van der Waals surface area contributed by atoms with Gasteiger partial charge in [-0.15, -0.1) is 0 Å². The molecule has 0 unspecified atom stereocenters. The quantitative estimate of drug-likeness (QED) is 0.924. The van der Waals surface area contributed by atoms with Gasteiger partial charge in [-0.2, -0.15) is 5.26 Å². The van der Waals surface area contributed by atoms with Crippen LogP contribution in [0.15, 0.2) is 42.6 Å². The third kappa shape index (κ3) is 2.68. The van der Waals surface area contributed by atoms with Crippen LogP contribution in [0.2, 0.25) is 0 Å². The number of nitrogens with zero attached hydrogens (tertiary/aromatic N) is 3. The van der Waals surface area contributed by atoms with E-state index in [4.69, 9.17) is 5.26 Å². The fourth-order valence-electron chi connectivity index (χ4n) is 3.00. The second kappa shape index (κ2) is 5.94. The van der Waals surface area contributed by atoms with Gasteiger partial charge in [-0.25, -0.2) is 4.79 Å². The summed E-state index contributed by atoms with van der Waals surface area (Å²) >= 11 is 0. The molecule has 1 aromatic heterocycles. The zero-order chi connectivity index (χ0) is 15.5. The molecule has 0 aliphatic carbocycles. The molecule has 112 valence electrons. The Morgan fingerprint density at radius 2 is 2.23 bits per heavy atom. The third-order valence-electron chi connectivity index (χ3n) is 4.08. The molecule has 2 heterocycles. The summed E-state index contributed by atoms with van der Waals surface area (Å²) < 4.78 is 2.06. The second-order valence-electron chi connectivity index (χ2n) is 5.52. The summed E-state index contributed by atoms with van der Waals surface area (Å²) in [4.78, 5) is 14.4. The van der Waals surface area contributed by atoms with E-state index < -0.39 is 0 Å².